The Kier molecular flexibility index (Phi) is 32.4. The van der Waals surface area contributed by atoms with Gasteiger partial charge in [-0.1, -0.05) is 109 Å². The molecule has 1 fully saturated rings. The molecule has 1 heterocycles. The number of esters is 1. The van der Waals surface area contributed by atoms with Crippen molar-refractivity contribution in [3.8, 4) is 0 Å². The Morgan fingerprint density at radius 3 is 1.50 bits per heavy atom. The molecule has 26 heteroatoms. The van der Waals surface area contributed by atoms with Crippen molar-refractivity contribution in [2.24, 2.45) is 41.4 Å². The van der Waals surface area contributed by atoms with Crippen molar-refractivity contribution in [1.29, 1.82) is 0 Å². The number of Topliss-reactive ketones (excluding diaryl/α,β-unsaturated/α-hetero) is 1. The Hall–Kier alpha value is -6.99. The van der Waals surface area contributed by atoms with Crippen LogP contribution in [0, 0.1) is 41.4 Å². The molecule has 0 unspecified atom stereocenters. The summed E-state index contributed by atoms with van der Waals surface area (Å²) in [5.74, 6) is -15.3. The van der Waals surface area contributed by atoms with Crippen molar-refractivity contribution in [2.45, 2.75) is 236 Å². The molecule has 0 aromatic carbocycles. The van der Waals surface area contributed by atoms with Crippen LogP contribution in [0.5, 0.6) is 0 Å². The first-order valence-corrected chi connectivity index (χ1v) is 32.4. The van der Waals surface area contributed by atoms with E-state index in [9.17, 15) is 48.3 Å². The molecule has 0 aromatic rings. The zero-order valence-corrected chi connectivity index (χ0v) is 60.1. The lowest BCUT2D eigenvalue weighted by atomic mass is 9.78. The minimum Gasteiger partial charge on any atom is -0.429 e. The van der Waals surface area contributed by atoms with Crippen LogP contribution < -0.4 is 21.3 Å². The maximum absolute atomic E-state index is 16.0. The molecule has 1 saturated heterocycles. The zero-order valence-electron chi connectivity index (χ0n) is 60.1. The number of nitrogens with one attached hydrogen (secondary N) is 4. The number of carbonyl (C=O) groups excluding carboxylic acids is 13. The maximum atomic E-state index is 16.0. The lowest BCUT2D eigenvalue weighted by molar-refractivity contribution is -0.206. The fourth-order valence-corrected chi connectivity index (χ4v) is 11.9. The van der Waals surface area contributed by atoms with E-state index in [-0.39, 0.29) is 49.9 Å². The van der Waals surface area contributed by atoms with E-state index in [2.05, 4.69) is 21.3 Å². The molecule has 1 aliphatic rings. The van der Waals surface area contributed by atoms with Crippen molar-refractivity contribution in [1.82, 2.24) is 55.6 Å². The summed E-state index contributed by atoms with van der Waals surface area (Å²) in [6, 6.07) is -11.0. The molecular formula is C66H115N11O15. The number of aliphatic hydroxyl groups is 1. The second-order valence-electron chi connectivity index (χ2n) is 27.5. The topological polar surface area (TPSA) is 322 Å². The molecule has 26 nitrogen and oxygen atoms in total. The van der Waals surface area contributed by atoms with Crippen molar-refractivity contribution in [2.75, 3.05) is 55.9 Å². The Morgan fingerprint density at radius 1 is 0.576 bits per heavy atom. The van der Waals surface area contributed by atoms with Gasteiger partial charge in [-0.15, -0.1) is 0 Å². The molecule has 0 bridgehead atoms. The molecule has 524 valence electrons. The van der Waals surface area contributed by atoms with Gasteiger partial charge in [0.15, 0.2) is 11.3 Å². The minimum absolute atomic E-state index is 0.0510. The average molecular weight is 1300 g/mol. The van der Waals surface area contributed by atoms with Gasteiger partial charge in [0.25, 0.3) is 17.5 Å². The number of allylic oxidation sites excluding steroid dienone is 2. The monoisotopic (exact) mass is 1300 g/mol. The molecule has 92 heavy (non-hydrogen) atoms. The number of hydrogen-bond acceptors (Lipinski definition) is 15. The summed E-state index contributed by atoms with van der Waals surface area (Å²) in [4.78, 5) is 199. The van der Waals surface area contributed by atoms with Gasteiger partial charge in [0.1, 0.15) is 48.3 Å². The Balaban J connectivity index is 4.68. The Labute approximate surface area is 547 Å². The summed E-state index contributed by atoms with van der Waals surface area (Å²) in [7, 11) is 8.88. The highest BCUT2D eigenvalue weighted by molar-refractivity contribution is 6.14. The van der Waals surface area contributed by atoms with Crippen molar-refractivity contribution in [3.63, 3.8) is 0 Å². The number of aliphatic hydroxyl groups excluding tert-OH is 1. The van der Waals surface area contributed by atoms with Crippen LogP contribution >= 0.6 is 0 Å². The average Bonchev–Trinajstić information content (AvgIpc) is 0.736. The standard InChI is InChI=1S/C66H115N11O15/c1-27-29-30-42(15)54(81)53-58(85)69-47(28-2)60(87)71(20)35-51(80)72(21)48(31-36(3)4)57(84)70-52(40(11)12)62(89)73(22)49(32-37(5)6)56(83)67-43(16)55(82)68-44(17)59(86)74(23)50(33-38(7)8)61(88)76(25)65(34-39(9)10,92-46(19)79)63(90)77(26)66(41(13)14,45(18)78)64(91)75(53)24/h27,29,36-44,47-50,52-54,81H,28,30-35H2,1-26H3,(H,67,83)(H,68,82)(H,69,85)(H,70,84)/b29-27+/t42-,43+,44-,47+,48+,49+,50+,52+,53+,54-,65+,66+/m1/s1. The van der Waals surface area contributed by atoms with Crippen LogP contribution in [0.25, 0.3) is 0 Å². The molecule has 11 amide bonds. The van der Waals surface area contributed by atoms with Crippen molar-refractivity contribution in [3.05, 3.63) is 12.2 Å². The van der Waals surface area contributed by atoms with Gasteiger partial charge >= 0.3 is 5.97 Å². The van der Waals surface area contributed by atoms with E-state index in [0.717, 1.165) is 52.4 Å². The Bertz CT molecular complexity index is 2660. The summed E-state index contributed by atoms with van der Waals surface area (Å²) in [5.41, 5.74) is -5.27. The van der Waals surface area contributed by atoms with E-state index in [4.69, 9.17) is 4.74 Å². The van der Waals surface area contributed by atoms with Gasteiger partial charge < -0.3 is 60.5 Å². The molecule has 0 spiro atoms. The van der Waals surface area contributed by atoms with Gasteiger partial charge in [0.05, 0.1) is 12.6 Å². The number of carbonyl (C=O) groups is 13. The molecular weight excluding hydrogens is 1190 g/mol. The number of ketones is 1. The van der Waals surface area contributed by atoms with Crippen LogP contribution in [0.15, 0.2) is 12.2 Å². The van der Waals surface area contributed by atoms with Gasteiger partial charge in [0, 0.05) is 62.7 Å². The number of ether oxygens (including phenoxy) is 1. The lowest BCUT2D eigenvalue weighted by Gasteiger charge is -2.50. The molecule has 12 atom stereocenters. The SMILES string of the molecule is C/C=C/C[C@@H](C)[C@@H](O)[C@H]1C(=O)N[C@@H](CC)C(=O)N(C)CC(=O)N(C)[C@@H](CC(C)C)C(=O)N[C@@H](C(C)C)C(=O)N(C)[C@@H](CC(C)C)C(=O)N[C@@H](C)C(=O)N[C@H](C)C(=O)N(C)[C@@H](CC(C)C)C(=O)N(C)[C@@](CC(C)C)(OC(C)=O)C(=O)N(C)[C@](C(C)=O)(C(C)C)C(=O)N1C. The fraction of sp³-hybridized carbons (Fsp3) is 0.773. The van der Waals surface area contributed by atoms with E-state index in [1.54, 1.807) is 74.5 Å². The van der Waals surface area contributed by atoms with Crippen LogP contribution in [0.3, 0.4) is 0 Å². The van der Waals surface area contributed by atoms with Crippen LogP contribution in [-0.2, 0) is 67.1 Å². The third-order valence-electron chi connectivity index (χ3n) is 17.3. The van der Waals surface area contributed by atoms with Crippen LogP contribution in [0.1, 0.15) is 170 Å². The number of nitrogens with zero attached hydrogens (tertiary/aromatic N) is 7. The van der Waals surface area contributed by atoms with Crippen LogP contribution in [0.4, 0.5) is 0 Å². The number of likely N-dealkylation sites (N-methyl/N-ethyl adjacent to an activating group) is 7. The van der Waals surface area contributed by atoms with Crippen molar-refractivity contribution >= 4 is 76.7 Å². The van der Waals surface area contributed by atoms with E-state index in [0.29, 0.717) is 0 Å². The quantitative estimate of drug-likeness (QED) is 0.0794. The summed E-state index contributed by atoms with van der Waals surface area (Å²) in [6.07, 6.45) is 1.57. The third kappa shape index (κ3) is 20.5. The summed E-state index contributed by atoms with van der Waals surface area (Å²) in [6.45, 7) is 29.7. The van der Waals surface area contributed by atoms with Gasteiger partial charge in [-0.25, -0.2) is 0 Å². The highest BCUT2D eigenvalue weighted by Gasteiger charge is 2.61. The zero-order chi connectivity index (χ0) is 71.7. The molecule has 1 rings (SSSR count). The highest BCUT2D eigenvalue weighted by Crippen LogP contribution is 2.37. The van der Waals surface area contributed by atoms with Gasteiger partial charge in [-0.05, 0) is 101 Å². The summed E-state index contributed by atoms with van der Waals surface area (Å²) >= 11 is 0. The summed E-state index contributed by atoms with van der Waals surface area (Å²) < 4.78 is 6.05. The van der Waals surface area contributed by atoms with Gasteiger partial charge in [0.2, 0.25) is 53.2 Å². The number of amides is 11. The van der Waals surface area contributed by atoms with Gasteiger partial charge in [-0.2, -0.15) is 0 Å². The summed E-state index contributed by atoms with van der Waals surface area (Å²) in [5, 5.41) is 23.1. The fourth-order valence-electron chi connectivity index (χ4n) is 11.9. The maximum Gasteiger partial charge on any atom is 0.305 e. The van der Waals surface area contributed by atoms with Gasteiger partial charge in [-0.3, -0.25) is 67.2 Å². The predicted octanol–water partition coefficient (Wildman–Crippen LogP) is 3.12. The second-order valence-corrected chi connectivity index (χ2v) is 27.5. The normalized spacial score (nSPS) is 27.3. The van der Waals surface area contributed by atoms with E-state index in [1.165, 1.54) is 72.7 Å². The van der Waals surface area contributed by atoms with Crippen molar-refractivity contribution < 1.29 is 72.2 Å². The first-order chi connectivity index (χ1) is 42.3. The highest BCUT2D eigenvalue weighted by atomic mass is 16.6. The second kappa shape index (κ2) is 35.9. The lowest BCUT2D eigenvalue weighted by Crippen LogP contribution is -2.74. The molecule has 1 aliphatic heterocycles. The van der Waals surface area contributed by atoms with E-state index >= 15 is 19.2 Å². The van der Waals surface area contributed by atoms with Crippen LogP contribution in [-0.4, -0.2) is 238 Å². The minimum atomic E-state index is -2.66. The largest absolute Gasteiger partial charge is 0.429 e. The molecule has 0 radical (unpaired) electrons. The molecule has 0 aliphatic carbocycles. The first kappa shape index (κ1) is 83.0. The van der Waals surface area contributed by atoms with E-state index in [1.807, 2.05) is 27.7 Å². The number of rotatable bonds is 17. The number of hydrogen-bond donors (Lipinski definition) is 5. The predicted molar refractivity (Wildman–Crippen MR) is 349 cm³/mol. The third-order valence-corrected chi connectivity index (χ3v) is 17.3. The molecule has 0 saturated carbocycles. The smallest absolute Gasteiger partial charge is 0.305 e. The van der Waals surface area contributed by atoms with E-state index < -0.39 is 179 Å². The molecule has 0 aromatic heterocycles. The van der Waals surface area contributed by atoms with Crippen LogP contribution in [0.2, 0.25) is 0 Å². The molecule has 5 N–H and O–H groups in total. The first-order valence-electron chi connectivity index (χ1n) is 32.4. The Morgan fingerprint density at radius 2 is 1.05 bits per heavy atom.